The summed E-state index contributed by atoms with van der Waals surface area (Å²) in [5.41, 5.74) is 0. The Labute approximate surface area is 101 Å². The molecule has 0 heterocycles. The number of phenols is 1. The molecule has 0 saturated heterocycles. The largest absolute Gasteiger partial charge is 0.504 e. The maximum atomic E-state index is 9.33. The van der Waals surface area contributed by atoms with Crippen LogP contribution in [0, 0.1) is 0 Å². The van der Waals surface area contributed by atoms with Crippen molar-refractivity contribution in [1.82, 2.24) is 0 Å². The predicted octanol–water partition coefficient (Wildman–Crippen LogP) is 3.71. The summed E-state index contributed by atoms with van der Waals surface area (Å²) in [6, 6.07) is 6.20. The molecule has 0 amide bonds. The van der Waals surface area contributed by atoms with Crippen LogP contribution in [-0.4, -0.2) is 14.5 Å². The van der Waals surface area contributed by atoms with Crippen LogP contribution < -0.4 is 4.74 Å². The zero-order valence-corrected chi connectivity index (χ0v) is 9.78. The fourth-order valence-corrected chi connectivity index (χ4v) is 0.990. The second-order valence-electron chi connectivity index (χ2n) is 2.43. The van der Waals surface area contributed by atoms with Gasteiger partial charge in [-0.05, 0) is 12.1 Å². The highest BCUT2D eigenvalue weighted by Crippen LogP contribution is 2.37. The Morgan fingerprint density at radius 1 is 1.21 bits per heavy atom. The van der Waals surface area contributed by atoms with Crippen molar-refractivity contribution in [2.24, 2.45) is 0 Å². The van der Waals surface area contributed by atoms with Gasteiger partial charge in [0.15, 0.2) is 16.3 Å². The van der Waals surface area contributed by atoms with Gasteiger partial charge in [-0.25, -0.2) is 0 Å². The smallest absolute Gasteiger partial charge is 0.288 e. The molecular formula is C8H6Cl4O2. The van der Waals surface area contributed by atoms with Crippen LogP contribution in [0.2, 0.25) is 0 Å². The molecule has 6 heteroatoms. The standard InChI is InChI=1S/C8H6Cl4O2/c9-7(10)8(11,12)14-6-4-2-1-3-5(6)13/h1-4,7,13H. The molecule has 0 spiro atoms. The van der Waals surface area contributed by atoms with Crippen molar-refractivity contribution < 1.29 is 9.84 Å². The predicted molar refractivity (Wildman–Crippen MR) is 58.7 cm³/mol. The van der Waals surface area contributed by atoms with Gasteiger partial charge in [0.25, 0.3) is 4.52 Å². The summed E-state index contributed by atoms with van der Waals surface area (Å²) in [5, 5.41) is 9.33. The van der Waals surface area contributed by atoms with Crippen LogP contribution in [0.5, 0.6) is 11.5 Å². The minimum absolute atomic E-state index is 0.0906. The van der Waals surface area contributed by atoms with E-state index in [1.165, 1.54) is 12.1 Å². The summed E-state index contributed by atoms with van der Waals surface area (Å²) in [4.78, 5) is -1.13. The fraction of sp³-hybridized carbons (Fsp3) is 0.250. The summed E-state index contributed by atoms with van der Waals surface area (Å²) in [6.45, 7) is 0. The molecule has 1 aromatic rings. The minimum Gasteiger partial charge on any atom is -0.504 e. The van der Waals surface area contributed by atoms with Gasteiger partial charge in [0, 0.05) is 0 Å². The van der Waals surface area contributed by atoms with Crippen LogP contribution in [0.25, 0.3) is 0 Å². The zero-order valence-electron chi connectivity index (χ0n) is 6.75. The molecule has 0 aromatic heterocycles. The average molecular weight is 276 g/mol. The Kier molecular flexibility index (Phi) is 4.02. The number of hydrogen-bond donors (Lipinski definition) is 1. The molecule has 78 valence electrons. The number of alkyl halides is 4. The number of phenolic OH excluding ortho intramolecular Hbond substituents is 1. The lowest BCUT2D eigenvalue weighted by molar-refractivity contribution is 0.244. The number of para-hydroxylation sites is 2. The SMILES string of the molecule is Oc1ccccc1OC(Cl)(Cl)C(Cl)Cl. The first-order valence-corrected chi connectivity index (χ1v) is 5.19. The molecule has 0 fully saturated rings. The van der Waals surface area contributed by atoms with E-state index >= 15 is 0 Å². The third-order valence-electron chi connectivity index (χ3n) is 1.37. The van der Waals surface area contributed by atoms with Gasteiger partial charge in [-0.1, -0.05) is 58.5 Å². The first-order chi connectivity index (χ1) is 6.43. The van der Waals surface area contributed by atoms with Crippen LogP contribution in [0.1, 0.15) is 0 Å². The maximum Gasteiger partial charge on any atom is 0.288 e. The molecule has 0 atom stereocenters. The summed E-state index contributed by atoms with van der Waals surface area (Å²) >= 11 is 22.2. The highest BCUT2D eigenvalue weighted by Gasteiger charge is 2.35. The molecule has 14 heavy (non-hydrogen) atoms. The Bertz CT molecular complexity index is 314. The molecule has 1 N–H and O–H groups in total. The minimum atomic E-state index is -1.79. The lowest BCUT2D eigenvalue weighted by atomic mass is 10.3. The lowest BCUT2D eigenvalue weighted by Crippen LogP contribution is -2.29. The van der Waals surface area contributed by atoms with Crippen molar-refractivity contribution in [3.63, 3.8) is 0 Å². The topological polar surface area (TPSA) is 29.5 Å². The van der Waals surface area contributed by atoms with Crippen LogP contribution in [-0.2, 0) is 0 Å². The van der Waals surface area contributed by atoms with Gasteiger partial charge >= 0.3 is 0 Å². The highest BCUT2D eigenvalue weighted by molar-refractivity contribution is 6.59. The average Bonchev–Trinajstić information content (AvgIpc) is 2.08. The molecule has 0 radical (unpaired) electrons. The van der Waals surface area contributed by atoms with Crippen molar-refractivity contribution in [3.8, 4) is 11.5 Å². The molecular weight excluding hydrogens is 270 g/mol. The van der Waals surface area contributed by atoms with Gasteiger partial charge in [-0.2, -0.15) is 0 Å². The first-order valence-electron chi connectivity index (χ1n) is 3.56. The molecule has 2 nitrogen and oxygen atoms in total. The summed E-state index contributed by atoms with van der Waals surface area (Å²) in [7, 11) is 0. The van der Waals surface area contributed by atoms with Gasteiger partial charge in [-0.3, -0.25) is 0 Å². The van der Waals surface area contributed by atoms with Gasteiger partial charge < -0.3 is 9.84 Å². The van der Waals surface area contributed by atoms with E-state index in [1.807, 2.05) is 0 Å². The Morgan fingerprint density at radius 3 is 2.29 bits per heavy atom. The van der Waals surface area contributed by atoms with E-state index in [0.29, 0.717) is 0 Å². The molecule has 0 unspecified atom stereocenters. The van der Waals surface area contributed by atoms with Gasteiger partial charge in [0.1, 0.15) is 0 Å². The lowest BCUT2D eigenvalue weighted by Gasteiger charge is -2.22. The molecule has 1 rings (SSSR count). The van der Waals surface area contributed by atoms with Crippen LogP contribution >= 0.6 is 46.4 Å². The van der Waals surface area contributed by atoms with E-state index in [0.717, 1.165) is 0 Å². The molecule has 0 saturated carbocycles. The zero-order chi connectivity index (χ0) is 10.8. The summed E-state index contributed by atoms with van der Waals surface area (Å²) in [6.07, 6.45) is 0. The van der Waals surface area contributed by atoms with E-state index in [4.69, 9.17) is 51.1 Å². The van der Waals surface area contributed by atoms with E-state index in [-0.39, 0.29) is 11.5 Å². The van der Waals surface area contributed by atoms with Gasteiger partial charge in [0.2, 0.25) is 0 Å². The molecule has 0 aliphatic carbocycles. The van der Waals surface area contributed by atoms with Crippen molar-refractivity contribution in [1.29, 1.82) is 0 Å². The van der Waals surface area contributed by atoms with Crippen LogP contribution in [0.3, 0.4) is 0 Å². The highest BCUT2D eigenvalue weighted by atomic mass is 35.5. The number of ether oxygens (including phenoxy) is 1. The number of halogens is 4. The molecule has 0 bridgehead atoms. The number of hydrogen-bond acceptors (Lipinski definition) is 2. The van der Waals surface area contributed by atoms with Crippen LogP contribution in [0.4, 0.5) is 0 Å². The maximum absolute atomic E-state index is 9.33. The molecule has 0 aliphatic heterocycles. The Balaban J connectivity index is 2.84. The second-order valence-corrected chi connectivity index (χ2v) is 4.85. The Hall–Kier alpha value is -0.0200. The third-order valence-corrected chi connectivity index (χ3v) is 3.02. The van der Waals surface area contributed by atoms with E-state index < -0.39 is 9.36 Å². The third kappa shape index (κ3) is 2.99. The Morgan fingerprint density at radius 2 is 1.79 bits per heavy atom. The van der Waals surface area contributed by atoms with Crippen molar-refractivity contribution >= 4 is 46.4 Å². The number of benzene rings is 1. The quantitative estimate of drug-likeness (QED) is 0.853. The summed E-state index contributed by atoms with van der Waals surface area (Å²) in [5.74, 6) is 0.0240. The second kappa shape index (κ2) is 4.67. The van der Waals surface area contributed by atoms with Crippen molar-refractivity contribution in [2.75, 3.05) is 0 Å². The molecule has 0 aliphatic rings. The molecule has 1 aromatic carbocycles. The fourth-order valence-electron chi connectivity index (χ4n) is 0.735. The van der Waals surface area contributed by atoms with Crippen molar-refractivity contribution in [3.05, 3.63) is 24.3 Å². The van der Waals surface area contributed by atoms with Crippen LogP contribution in [0.15, 0.2) is 24.3 Å². The monoisotopic (exact) mass is 274 g/mol. The first kappa shape index (κ1) is 12.1. The van der Waals surface area contributed by atoms with E-state index in [1.54, 1.807) is 12.1 Å². The normalized spacial score (nSPS) is 11.8. The number of rotatable bonds is 3. The van der Waals surface area contributed by atoms with E-state index in [2.05, 4.69) is 0 Å². The van der Waals surface area contributed by atoms with Gasteiger partial charge in [0.05, 0.1) is 0 Å². The van der Waals surface area contributed by atoms with E-state index in [9.17, 15) is 5.11 Å². The summed E-state index contributed by atoms with van der Waals surface area (Å²) < 4.78 is 3.22. The van der Waals surface area contributed by atoms with Crippen molar-refractivity contribution in [2.45, 2.75) is 9.36 Å². The number of aromatic hydroxyl groups is 1. The van der Waals surface area contributed by atoms with Gasteiger partial charge in [-0.15, -0.1) is 0 Å².